The van der Waals surface area contributed by atoms with Gasteiger partial charge in [-0.2, -0.15) is 13.2 Å². The molecule has 2 N–H and O–H groups in total. The van der Waals surface area contributed by atoms with Gasteiger partial charge in [-0.3, -0.25) is 4.90 Å². The largest absolute Gasteiger partial charge is 0.482 e. The van der Waals surface area contributed by atoms with Crippen molar-refractivity contribution in [3.63, 3.8) is 0 Å². The smallest absolute Gasteiger partial charge is 0.416 e. The molecule has 10 heteroatoms. The normalized spacial score (nSPS) is 11.1. The van der Waals surface area contributed by atoms with Crippen LogP contribution < -0.4 is 15.0 Å². The van der Waals surface area contributed by atoms with Crippen molar-refractivity contribution < 1.29 is 37.0 Å². The van der Waals surface area contributed by atoms with Gasteiger partial charge in [0.05, 0.1) is 12.1 Å². The number of carboxylic acids is 1. The van der Waals surface area contributed by atoms with Gasteiger partial charge < -0.3 is 15.2 Å². The highest BCUT2D eigenvalue weighted by Crippen LogP contribution is 2.31. The van der Waals surface area contributed by atoms with Crippen LogP contribution in [0.25, 0.3) is 11.1 Å². The van der Waals surface area contributed by atoms with Crippen LogP contribution in [-0.4, -0.2) is 23.7 Å². The summed E-state index contributed by atoms with van der Waals surface area (Å²) in [4.78, 5) is 25.0. The van der Waals surface area contributed by atoms with Gasteiger partial charge in [0.25, 0.3) is 0 Å². The Bertz CT molecular complexity index is 1460. The number of aliphatic carboxylic acids is 1. The Balaban J connectivity index is 1.53. The van der Waals surface area contributed by atoms with Crippen LogP contribution in [0.3, 0.4) is 0 Å². The fourth-order valence-corrected chi connectivity index (χ4v) is 3.76. The maximum atomic E-state index is 14.0. The summed E-state index contributed by atoms with van der Waals surface area (Å²) in [7, 11) is 0. The number of nitrogens with zero attached hydrogens (tertiary/aromatic N) is 1. The Morgan fingerprint density at radius 1 is 0.846 bits per heavy atom. The highest BCUT2D eigenvalue weighted by Gasteiger charge is 2.30. The summed E-state index contributed by atoms with van der Waals surface area (Å²) in [5, 5.41) is 11.2. The van der Waals surface area contributed by atoms with Gasteiger partial charge in [-0.15, -0.1) is 0 Å². The van der Waals surface area contributed by atoms with E-state index in [2.05, 4.69) is 5.32 Å². The van der Waals surface area contributed by atoms with E-state index in [1.807, 2.05) is 12.1 Å². The van der Waals surface area contributed by atoms with Crippen molar-refractivity contribution in [2.45, 2.75) is 12.7 Å². The minimum atomic E-state index is -4.57. The minimum absolute atomic E-state index is 0.0104. The molecule has 0 aliphatic heterocycles. The molecule has 0 bridgehead atoms. The lowest BCUT2D eigenvalue weighted by Gasteiger charge is -2.24. The van der Waals surface area contributed by atoms with Crippen LogP contribution in [0.5, 0.6) is 5.75 Å². The Labute approximate surface area is 221 Å². The number of carbonyl (C=O) groups is 2. The van der Waals surface area contributed by atoms with Crippen molar-refractivity contribution in [1.29, 1.82) is 0 Å². The maximum absolute atomic E-state index is 14.0. The zero-order valence-electron chi connectivity index (χ0n) is 20.3. The Kier molecular flexibility index (Phi) is 8.14. The average Bonchev–Trinajstić information content (AvgIpc) is 2.91. The lowest BCUT2D eigenvalue weighted by Crippen LogP contribution is -2.34. The molecule has 0 aliphatic carbocycles. The lowest BCUT2D eigenvalue weighted by atomic mass is 10.0. The van der Waals surface area contributed by atoms with Gasteiger partial charge in [-0.05, 0) is 65.2 Å². The molecule has 0 aliphatic rings. The molecule has 0 unspecified atom stereocenters. The van der Waals surface area contributed by atoms with Gasteiger partial charge >= 0.3 is 18.2 Å². The number of amides is 2. The molecule has 4 rings (SSSR count). The predicted octanol–water partition coefficient (Wildman–Crippen LogP) is 7.21. The first kappa shape index (κ1) is 27.2. The number of carbonyl (C=O) groups excluding carboxylic acids is 1. The van der Waals surface area contributed by atoms with Crippen LogP contribution >= 0.6 is 0 Å². The molecule has 0 atom stereocenters. The molecule has 200 valence electrons. The summed E-state index contributed by atoms with van der Waals surface area (Å²) < 4.78 is 58.4. The summed E-state index contributed by atoms with van der Waals surface area (Å²) >= 11 is 0. The van der Waals surface area contributed by atoms with Gasteiger partial charge in [0.1, 0.15) is 11.6 Å². The number of ether oxygens (including phenoxy) is 1. The van der Waals surface area contributed by atoms with Crippen LogP contribution in [0.15, 0.2) is 97.1 Å². The zero-order valence-corrected chi connectivity index (χ0v) is 20.3. The molecule has 4 aromatic rings. The summed E-state index contributed by atoms with van der Waals surface area (Å²) in [6.45, 7) is -0.437. The zero-order chi connectivity index (χ0) is 28.0. The number of urea groups is 1. The van der Waals surface area contributed by atoms with Gasteiger partial charge in [0.2, 0.25) is 0 Å². The molecule has 0 saturated heterocycles. The molecular formula is C29H22F4N2O4. The van der Waals surface area contributed by atoms with Gasteiger partial charge in [-0.25, -0.2) is 14.0 Å². The summed E-state index contributed by atoms with van der Waals surface area (Å²) in [5.41, 5.74) is 1.63. The van der Waals surface area contributed by atoms with Crippen LogP contribution in [0.2, 0.25) is 0 Å². The fraction of sp³-hybridized carbons (Fsp3) is 0.103. The van der Waals surface area contributed by atoms with E-state index >= 15 is 0 Å². The standard InChI is InChI=1S/C29H22F4N2O4/c30-23-4-2-6-25(16-23)35(28(38)34-24-5-1-3-22(15-24)29(31,32)33)17-19-7-9-20(10-8-19)21-11-13-26(14-12-21)39-18-27(36)37/h1-16H,17-18H2,(H,34,38)(H,36,37). The van der Waals surface area contributed by atoms with E-state index in [4.69, 9.17) is 9.84 Å². The van der Waals surface area contributed by atoms with Crippen LogP contribution in [0, 0.1) is 5.82 Å². The molecule has 0 fully saturated rings. The van der Waals surface area contributed by atoms with Crippen molar-refractivity contribution in [3.05, 3.63) is 114 Å². The summed E-state index contributed by atoms with van der Waals surface area (Å²) in [6, 6.07) is 22.9. The second kappa shape index (κ2) is 11.7. The minimum Gasteiger partial charge on any atom is -0.482 e. The van der Waals surface area contributed by atoms with Crippen molar-refractivity contribution >= 4 is 23.4 Å². The summed E-state index contributed by atoms with van der Waals surface area (Å²) in [6.07, 6.45) is -4.57. The first-order chi connectivity index (χ1) is 18.6. The molecule has 6 nitrogen and oxygen atoms in total. The topological polar surface area (TPSA) is 78.9 Å². The highest BCUT2D eigenvalue weighted by atomic mass is 19.4. The van der Waals surface area contributed by atoms with E-state index in [9.17, 15) is 27.2 Å². The number of hydrogen-bond acceptors (Lipinski definition) is 3. The van der Waals surface area contributed by atoms with E-state index in [1.165, 1.54) is 35.2 Å². The third-order valence-corrected chi connectivity index (χ3v) is 5.65. The molecule has 0 aromatic heterocycles. The monoisotopic (exact) mass is 538 g/mol. The molecule has 0 radical (unpaired) electrons. The predicted molar refractivity (Wildman–Crippen MR) is 138 cm³/mol. The van der Waals surface area contributed by atoms with Crippen molar-refractivity contribution in [2.24, 2.45) is 0 Å². The van der Waals surface area contributed by atoms with Crippen LogP contribution in [0.4, 0.5) is 33.7 Å². The van der Waals surface area contributed by atoms with Crippen molar-refractivity contribution in [3.8, 4) is 16.9 Å². The first-order valence-electron chi connectivity index (χ1n) is 11.6. The molecule has 0 spiro atoms. The van der Waals surface area contributed by atoms with E-state index in [1.54, 1.807) is 36.4 Å². The quantitative estimate of drug-likeness (QED) is 0.232. The number of nitrogens with one attached hydrogen (secondary N) is 1. The van der Waals surface area contributed by atoms with Crippen LogP contribution in [-0.2, 0) is 17.5 Å². The van der Waals surface area contributed by atoms with E-state index in [-0.39, 0.29) is 17.9 Å². The number of rotatable bonds is 8. The molecule has 0 saturated carbocycles. The van der Waals surface area contributed by atoms with Gasteiger partial charge in [-0.1, -0.05) is 48.5 Å². The van der Waals surface area contributed by atoms with E-state index in [0.29, 0.717) is 11.3 Å². The number of benzene rings is 4. The number of halogens is 4. The molecule has 0 heterocycles. The average molecular weight is 538 g/mol. The second-order valence-corrected chi connectivity index (χ2v) is 8.48. The molecule has 2 amide bonds. The van der Waals surface area contributed by atoms with E-state index < -0.39 is 36.2 Å². The SMILES string of the molecule is O=C(O)COc1ccc(-c2ccc(CN(C(=O)Nc3cccc(C(F)(F)F)c3)c3cccc(F)c3)cc2)cc1. The fourth-order valence-electron chi connectivity index (χ4n) is 3.76. The maximum Gasteiger partial charge on any atom is 0.416 e. The number of alkyl halides is 3. The third kappa shape index (κ3) is 7.35. The molecule has 4 aromatic carbocycles. The third-order valence-electron chi connectivity index (χ3n) is 5.65. The number of carboxylic acid groups (broad SMARTS) is 1. The van der Waals surface area contributed by atoms with Crippen molar-refractivity contribution in [2.75, 3.05) is 16.8 Å². The van der Waals surface area contributed by atoms with Gasteiger partial charge in [0.15, 0.2) is 6.61 Å². The number of hydrogen-bond donors (Lipinski definition) is 2. The van der Waals surface area contributed by atoms with E-state index in [0.717, 1.165) is 29.3 Å². The van der Waals surface area contributed by atoms with Crippen molar-refractivity contribution in [1.82, 2.24) is 0 Å². The Morgan fingerprint density at radius 2 is 1.49 bits per heavy atom. The highest BCUT2D eigenvalue weighted by molar-refractivity contribution is 6.01. The number of anilines is 2. The van der Waals surface area contributed by atoms with Gasteiger partial charge in [0, 0.05) is 11.4 Å². The van der Waals surface area contributed by atoms with Crippen LogP contribution in [0.1, 0.15) is 11.1 Å². The second-order valence-electron chi connectivity index (χ2n) is 8.48. The first-order valence-corrected chi connectivity index (χ1v) is 11.6. The molecule has 39 heavy (non-hydrogen) atoms. The Hall–Kier alpha value is -4.86. The lowest BCUT2D eigenvalue weighted by molar-refractivity contribution is -0.139. The molecular weight excluding hydrogens is 516 g/mol. The summed E-state index contributed by atoms with van der Waals surface area (Å²) in [5.74, 6) is -1.24. The Morgan fingerprint density at radius 3 is 2.10 bits per heavy atom.